The van der Waals surface area contributed by atoms with Gasteiger partial charge in [0.05, 0.1) is 19.8 Å². The molecule has 0 saturated carbocycles. The van der Waals surface area contributed by atoms with E-state index in [9.17, 15) is 4.39 Å². The second-order valence-electron chi connectivity index (χ2n) is 7.77. The molecule has 30 heavy (non-hydrogen) atoms. The van der Waals surface area contributed by atoms with E-state index < -0.39 is 5.67 Å². The quantitative estimate of drug-likeness (QED) is 0.491. The lowest BCUT2D eigenvalue weighted by molar-refractivity contribution is -0.135. The van der Waals surface area contributed by atoms with E-state index >= 15 is 0 Å². The number of ether oxygens (including phenoxy) is 1. The molecule has 0 amide bonds. The van der Waals surface area contributed by atoms with Crippen molar-refractivity contribution in [2.75, 3.05) is 13.2 Å². The van der Waals surface area contributed by atoms with Crippen LogP contribution in [0.3, 0.4) is 0 Å². The van der Waals surface area contributed by atoms with Crippen molar-refractivity contribution in [3.63, 3.8) is 0 Å². The number of nitrogens with zero attached hydrogens (tertiary/aromatic N) is 4. The number of alkyl halides is 1. The Morgan fingerprint density at radius 1 is 1.03 bits per heavy atom. The van der Waals surface area contributed by atoms with Crippen molar-refractivity contribution in [1.82, 2.24) is 19.9 Å². The third-order valence-electron chi connectivity index (χ3n) is 5.40. The minimum absolute atomic E-state index is 0.100. The Morgan fingerprint density at radius 3 is 2.43 bits per heavy atom. The highest BCUT2D eigenvalue weighted by atomic mass is 19.1. The van der Waals surface area contributed by atoms with Gasteiger partial charge in [-0.15, -0.1) is 0 Å². The first-order valence-electron chi connectivity index (χ1n) is 9.82. The molecule has 0 radical (unpaired) electrons. The molecule has 152 valence electrons. The number of rotatable bonds is 5. The third-order valence-corrected chi connectivity index (χ3v) is 5.40. The van der Waals surface area contributed by atoms with Crippen LogP contribution in [0.2, 0.25) is 0 Å². The Morgan fingerprint density at radius 2 is 1.77 bits per heavy atom. The van der Waals surface area contributed by atoms with Gasteiger partial charge in [-0.05, 0) is 31.0 Å². The summed E-state index contributed by atoms with van der Waals surface area (Å²) in [6.07, 6.45) is 0. The number of hydrogen-bond acceptors (Lipinski definition) is 5. The fourth-order valence-corrected chi connectivity index (χ4v) is 3.45. The second kappa shape index (κ2) is 7.18. The summed E-state index contributed by atoms with van der Waals surface area (Å²) in [7, 11) is 0. The van der Waals surface area contributed by atoms with Gasteiger partial charge < -0.3 is 9.26 Å². The number of halogens is 1. The Kier molecular flexibility index (Phi) is 4.47. The van der Waals surface area contributed by atoms with E-state index in [2.05, 4.69) is 46.4 Å². The minimum Gasteiger partial charge on any atom is -0.374 e. The molecule has 3 heterocycles. The molecule has 1 saturated heterocycles. The molecule has 6 nitrogen and oxygen atoms in total. The lowest BCUT2D eigenvalue weighted by Crippen LogP contribution is -2.42. The summed E-state index contributed by atoms with van der Waals surface area (Å²) in [4.78, 5) is 4.48. The summed E-state index contributed by atoms with van der Waals surface area (Å²) in [6, 6.07) is 17.4. The molecular weight excluding hydrogens is 383 g/mol. The molecule has 0 aliphatic carbocycles. The van der Waals surface area contributed by atoms with Gasteiger partial charge in [0.25, 0.3) is 5.89 Å². The van der Waals surface area contributed by atoms with E-state index in [1.165, 1.54) is 11.1 Å². The van der Waals surface area contributed by atoms with Crippen LogP contribution >= 0.6 is 0 Å². The van der Waals surface area contributed by atoms with Crippen LogP contribution in [0.15, 0.2) is 59.1 Å². The van der Waals surface area contributed by atoms with Crippen LogP contribution in [0.25, 0.3) is 23.0 Å². The lowest BCUT2D eigenvalue weighted by Gasteiger charge is -2.34. The predicted octanol–water partition coefficient (Wildman–Crippen LogP) is 4.46. The first kappa shape index (κ1) is 18.7. The van der Waals surface area contributed by atoms with Gasteiger partial charge in [-0.2, -0.15) is 10.1 Å². The highest BCUT2D eigenvalue weighted by Gasteiger charge is 2.40. The fourth-order valence-electron chi connectivity index (χ4n) is 3.45. The maximum atomic E-state index is 14.4. The van der Waals surface area contributed by atoms with Crippen molar-refractivity contribution in [2.45, 2.75) is 26.1 Å². The van der Waals surface area contributed by atoms with Crippen LogP contribution in [0, 0.1) is 13.8 Å². The topological polar surface area (TPSA) is 66.0 Å². The number of aryl methyl sites for hydroxylation is 2. The van der Waals surface area contributed by atoms with E-state index in [1.54, 1.807) is 24.3 Å². The van der Waals surface area contributed by atoms with Gasteiger partial charge in [0.1, 0.15) is 0 Å². The Balaban J connectivity index is 1.36. The minimum atomic E-state index is -1.39. The average Bonchev–Trinajstić information content (AvgIpc) is 3.35. The number of hydrogen-bond donors (Lipinski definition) is 0. The van der Waals surface area contributed by atoms with Crippen molar-refractivity contribution in [2.24, 2.45) is 0 Å². The maximum absolute atomic E-state index is 14.4. The summed E-state index contributed by atoms with van der Waals surface area (Å²) in [5.74, 6) is 0.800. The first-order valence-corrected chi connectivity index (χ1v) is 9.82. The van der Waals surface area contributed by atoms with Gasteiger partial charge in [0.2, 0.25) is 5.82 Å². The lowest BCUT2D eigenvalue weighted by atomic mass is 9.93. The number of benzene rings is 2. The molecule has 1 aliphatic rings. The fraction of sp³-hybridized carbons (Fsp3) is 0.261. The molecule has 2 aromatic carbocycles. The zero-order valence-corrected chi connectivity index (χ0v) is 16.8. The van der Waals surface area contributed by atoms with Gasteiger partial charge in [0, 0.05) is 11.3 Å². The first-order chi connectivity index (χ1) is 14.5. The molecule has 1 aliphatic heterocycles. The van der Waals surface area contributed by atoms with Crippen LogP contribution in [0.5, 0.6) is 0 Å². The highest BCUT2D eigenvalue weighted by Crippen LogP contribution is 2.34. The summed E-state index contributed by atoms with van der Waals surface area (Å²) in [5.41, 5.74) is 4.01. The highest BCUT2D eigenvalue weighted by molar-refractivity contribution is 5.58. The van der Waals surface area contributed by atoms with Gasteiger partial charge >= 0.3 is 0 Å². The van der Waals surface area contributed by atoms with E-state index in [0.29, 0.717) is 29.5 Å². The van der Waals surface area contributed by atoms with E-state index in [0.717, 1.165) is 11.3 Å². The molecule has 0 bridgehead atoms. The van der Waals surface area contributed by atoms with Gasteiger partial charge in [-0.3, -0.25) is 4.68 Å². The van der Waals surface area contributed by atoms with Crippen LogP contribution in [-0.2, 0) is 17.0 Å². The monoisotopic (exact) mass is 404 g/mol. The van der Waals surface area contributed by atoms with Crippen molar-refractivity contribution in [3.05, 3.63) is 77.0 Å². The predicted molar refractivity (Wildman–Crippen MR) is 110 cm³/mol. The van der Waals surface area contributed by atoms with E-state index in [1.807, 2.05) is 17.7 Å². The molecule has 0 atom stereocenters. The molecule has 4 aromatic rings. The Labute approximate surface area is 173 Å². The summed E-state index contributed by atoms with van der Waals surface area (Å²) in [6.45, 7) is 4.94. The average molecular weight is 404 g/mol. The molecule has 1 fully saturated rings. The van der Waals surface area contributed by atoms with Crippen LogP contribution < -0.4 is 0 Å². The molecule has 0 N–H and O–H groups in total. The summed E-state index contributed by atoms with van der Waals surface area (Å²) in [5, 5.41) is 8.69. The van der Waals surface area contributed by atoms with Gasteiger partial charge in [0.15, 0.2) is 11.4 Å². The van der Waals surface area contributed by atoms with E-state index in [4.69, 9.17) is 9.26 Å². The molecular formula is C23H21FN4O2. The normalized spacial score (nSPS) is 15.2. The zero-order chi connectivity index (χ0) is 20.7. The van der Waals surface area contributed by atoms with Crippen molar-refractivity contribution in [1.29, 1.82) is 0 Å². The molecule has 5 rings (SSSR count). The summed E-state index contributed by atoms with van der Waals surface area (Å²) < 4.78 is 26.8. The van der Waals surface area contributed by atoms with Crippen LogP contribution in [-0.4, -0.2) is 33.1 Å². The SMILES string of the molecule is Cc1ccc(Cn2nc(-c3nc(-c4ccc(C5(F)COC5)cc4)no3)cc2C)cc1. The smallest absolute Gasteiger partial charge is 0.278 e. The maximum Gasteiger partial charge on any atom is 0.278 e. The summed E-state index contributed by atoms with van der Waals surface area (Å²) >= 11 is 0. The van der Waals surface area contributed by atoms with Crippen molar-refractivity contribution < 1.29 is 13.7 Å². The second-order valence-corrected chi connectivity index (χ2v) is 7.77. The standard InChI is InChI=1S/C23H21FN4O2/c1-15-3-5-17(6-4-15)12-28-16(2)11-20(26-28)22-25-21(27-30-22)18-7-9-19(10-8-18)23(24)13-29-14-23/h3-11H,12-14H2,1-2H3. The molecule has 2 aromatic heterocycles. The van der Waals surface area contributed by atoms with Crippen molar-refractivity contribution >= 4 is 0 Å². The van der Waals surface area contributed by atoms with Crippen molar-refractivity contribution in [3.8, 4) is 23.0 Å². The van der Waals surface area contributed by atoms with Gasteiger partial charge in [-0.25, -0.2) is 4.39 Å². The zero-order valence-electron chi connectivity index (χ0n) is 16.8. The molecule has 0 unspecified atom stereocenters. The Hall–Kier alpha value is -3.32. The van der Waals surface area contributed by atoms with E-state index in [-0.39, 0.29) is 13.2 Å². The molecule has 7 heteroatoms. The van der Waals surface area contributed by atoms with Gasteiger partial charge in [-0.1, -0.05) is 59.3 Å². The number of aromatic nitrogens is 4. The Bertz CT molecular complexity index is 1170. The largest absolute Gasteiger partial charge is 0.374 e. The van der Waals surface area contributed by atoms with Crippen LogP contribution in [0.1, 0.15) is 22.4 Å². The molecule has 0 spiro atoms. The third kappa shape index (κ3) is 3.41. The van der Waals surface area contributed by atoms with Crippen LogP contribution in [0.4, 0.5) is 4.39 Å².